The first kappa shape index (κ1) is 20.9. The van der Waals surface area contributed by atoms with E-state index in [4.69, 9.17) is 16.3 Å². The van der Waals surface area contributed by atoms with Crippen LogP contribution in [-0.2, 0) is 4.74 Å². The molecule has 1 unspecified atom stereocenters. The number of aliphatic hydroxyl groups is 1. The lowest BCUT2D eigenvalue weighted by Gasteiger charge is -2.43. The van der Waals surface area contributed by atoms with Crippen LogP contribution < -0.4 is 0 Å². The van der Waals surface area contributed by atoms with Crippen molar-refractivity contribution in [1.82, 2.24) is 9.80 Å². The molecule has 0 amide bonds. The Morgan fingerprint density at radius 2 is 1.83 bits per heavy atom. The summed E-state index contributed by atoms with van der Waals surface area (Å²) in [6.45, 7) is 6.70. The van der Waals surface area contributed by atoms with Crippen LogP contribution in [0.1, 0.15) is 43.6 Å². The SMILES string of the molecule is OC1(C(CN2CCN(CC3=COCC=C3)CC2)c2cccc(Cl)c2)CCCCC1. The monoisotopic (exact) mass is 416 g/mol. The van der Waals surface area contributed by atoms with Crippen LogP contribution in [0.5, 0.6) is 0 Å². The van der Waals surface area contributed by atoms with Gasteiger partial charge in [0.25, 0.3) is 0 Å². The Labute approximate surface area is 179 Å². The molecule has 1 N–H and O–H groups in total. The Kier molecular flexibility index (Phi) is 6.96. The fourth-order valence-electron chi connectivity index (χ4n) is 5.01. The molecular weight excluding hydrogens is 384 g/mol. The second-order valence-electron chi connectivity index (χ2n) is 8.78. The zero-order chi connectivity index (χ0) is 20.1. The molecule has 1 atom stereocenters. The highest BCUT2D eigenvalue weighted by Gasteiger charge is 2.40. The Balaban J connectivity index is 1.40. The third kappa shape index (κ3) is 5.43. The maximum absolute atomic E-state index is 11.6. The molecular formula is C24H33ClN2O2. The molecule has 5 heteroatoms. The summed E-state index contributed by atoms with van der Waals surface area (Å²) in [4.78, 5) is 5.02. The normalized spacial score (nSPS) is 24.0. The van der Waals surface area contributed by atoms with E-state index < -0.39 is 5.60 Å². The fraction of sp³-hybridized carbons (Fsp3) is 0.583. The van der Waals surface area contributed by atoms with Crippen LogP contribution in [0.3, 0.4) is 0 Å². The van der Waals surface area contributed by atoms with E-state index in [0.717, 1.165) is 70.0 Å². The van der Waals surface area contributed by atoms with Crippen LogP contribution in [-0.4, -0.2) is 66.4 Å². The van der Waals surface area contributed by atoms with Crippen LogP contribution >= 0.6 is 11.6 Å². The summed E-state index contributed by atoms with van der Waals surface area (Å²) < 4.78 is 5.41. The van der Waals surface area contributed by atoms with Gasteiger partial charge in [-0.05, 0) is 36.6 Å². The first-order valence-electron chi connectivity index (χ1n) is 11.0. The molecule has 0 spiro atoms. The van der Waals surface area contributed by atoms with Crippen molar-refractivity contribution in [3.05, 3.63) is 58.8 Å². The number of hydrogen-bond acceptors (Lipinski definition) is 4. The third-order valence-corrected chi connectivity index (χ3v) is 6.93. The Morgan fingerprint density at radius 3 is 2.52 bits per heavy atom. The molecule has 1 aromatic carbocycles. The molecule has 4 nitrogen and oxygen atoms in total. The molecule has 1 saturated carbocycles. The molecule has 2 aliphatic heterocycles. The highest BCUT2D eigenvalue weighted by atomic mass is 35.5. The highest BCUT2D eigenvalue weighted by molar-refractivity contribution is 6.30. The highest BCUT2D eigenvalue weighted by Crippen LogP contribution is 2.41. The third-order valence-electron chi connectivity index (χ3n) is 6.69. The lowest BCUT2D eigenvalue weighted by molar-refractivity contribution is -0.0340. The predicted molar refractivity (Wildman–Crippen MR) is 118 cm³/mol. The molecule has 1 aromatic rings. The zero-order valence-electron chi connectivity index (χ0n) is 17.2. The molecule has 0 radical (unpaired) electrons. The smallest absolute Gasteiger partial charge is 0.106 e. The van der Waals surface area contributed by atoms with Crippen molar-refractivity contribution in [2.75, 3.05) is 45.9 Å². The number of piperazine rings is 1. The molecule has 1 aliphatic carbocycles. The number of ether oxygens (including phenoxy) is 1. The van der Waals surface area contributed by atoms with Crippen LogP contribution in [0.15, 0.2) is 48.3 Å². The van der Waals surface area contributed by atoms with E-state index in [2.05, 4.69) is 34.1 Å². The maximum atomic E-state index is 11.6. The Hall–Kier alpha value is -1.33. The minimum atomic E-state index is -0.616. The predicted octanol–water partition coefficient (Wildman–Crippen LogP) is 4.21. The lowest BCUT2D eigenvalue weighted by atomic mass is 9.72. The van der Waals surface area contributed by atoms with Gasteiger partial charge >= 0.3 is 0 Å². The van der Waals surface area contributed by atoms with E-state index in [1.54, 1.807) is 0 Å². The first-order chi connectivity index (χ1) is 14.1. The van der Waals surface area contributed by atoms with E-state index in [-0.39, 0.29) is 5.92 Å². The molecule has 2 heterocycles. The summed E-state index contributed by atoms with van der Waals surface area (Å²) in [7, 11) is 0. The molecule has 3 aliphatic rings. The molecule has 0 aromatic heterocycles. The first-order valence-corrected chi connectivity index (χ1v) is 11.4. The van der Waals surface area contributed by atoms with Gasteiger partial charge in [-0.3, -0.25) is 4.90 Å². The van der Waals surface area contributed by atoms with Crippen LogP contribution in [0.4, 0.5) is 0 Å². The van der Waals surface area contributed by atoms with Crippen molar-refractivity contribution in [3.63, 3.8) is 0 Å². The van der Waals surface area contributed by atoms with Gasteiger partial charge in [-0.15, -0.1) is 0 Å². The summed E-state index contributed by atoms with van der Waals surface area (Å²) in [6.07, 6.45) is 11.4. The topological polar surface area (TPSA) is 35.9 Å². The summed E-state index contributed by atoms with van der Waals surface area (Å²) in [5.74, 6) is 0.116. The van der Waals surface area contributed by atoms with Gasteiger partial charge in [0.05, 0.1) is 11.9 Å². The van der Waals surface area contributed by atoms with Crippen molar-refractivity contribution in [2.24, 2.45) is 0 Å². The Morgan fingerprint density at radius 1 is 1.07 bits per heavy atom. The number of halogens is 1. The number of rotatable bonds is 6. The van der Waals surface area contributed by atoms with Crippen molar-refractivity contribution in [2.45, 2.75) is 43.6 Å². The van der Waals surface area contributed by atoms with Gasteiger partial charge in [0.2, 0.25) is 0 Å². The van der Waals surface area contributed by atoms with E-state index in [1.165, 1.54) is 17.6 Å². The molecule has 4 rings (SSSR count). The molecule has 29 heavy (non-hydrogen) atoms. The van der Waals surface area contributed by atoms with Crippen LogP contribution in [0, 0.1) is 0 Å². The minimum Gasteiger partial charge on any atom is -0.497 e. The van der Waals surface area contributed by atoms with Gasteiger partial charge in [0.15, 0.2) is 0 Å². The van der Waals surface area contributed by atoms with Gasteiger partial charge in [0.1, 0.15) is 6.61 Å². The maximum Gasteiger partial charge on any atom is 0.106 e. The van der Waals surface area contributed by atoms with Gasteiger partial charge in [0, 0.05) is 55.8 Å². The average molecular weight is 417 g/mol. The summed E-state index contributed by atoms with van der Waals surface area (Å²) in [5.41, 5.74) is 1.81. The van der Waals surface area contributed by atoms with Gasteiger partial charge < -0.3 is 14.7 Å². The number of hydrogen-bond donors (Lipinski definition) is 1. The van der Waals surface area contributed by atoms with Crippen LogP contribution in [0.25, 0.3) is 0 Å². The molecule has 1 saturated heterocycles. The van der Waals surface area contributed by atoms with Gasteiger partial charge in [-0.1, -0.05) is 49.1 Å². The number of benzene rings is 1. The quantitative estimate of drug-likeness (QED) is 0.753. The lowest BCUT2D eigenvalue weighted by Crippen LogP contribution is -2.51. The van der Waals surface area contributed by atoms with Gasteiger partial charge in [-0.2, -0.15) is 0 Å². The van der Waals surface area contributed by atoms with Gasteiger partial charge in [-0.25, -0.2) is 0 Å². The largest absolute Gasteiger partial charge is 0.497 e. The summed E-state index contributed by atoms with van der Waals surface area (Å²) in [5, 5.41) is 12.3. The fourth-order valence-corrected chi connectivity index (χ4v) is 5.21. The van der Waals surface area contributed by atoms with Crippen molar-refractivity contribution < 1.29 is 9.84 Å². The minimum absolute atomic E-state index is 0.116. The van der Waals surface area contributed by atoms with E-state index in [0.29, 0.717) is 6.61 Å². The summed E-state index contributed by atoms with van der Waals surface area (Å²) in [6, 6.07) is 8.13. The van der Waals surface area contributed by atoms with Crippen molar-refractivity contribution in [1.29, 1.82) is 0 Å². The molecule has 0 bridgehead atoms. The van der Waals surface area contributed by atoms with Crippen LogP contribution in [0.2, 0.25) is 5.02 Å². The molecule has 2 fully saturated rings. The average Bonchev–Trinajstić information content (AvgIpc) is 2.74. The van der Waals surface area contributed by atoms with E-state index >= 15 is 0 Å². The van der Waals surface area contributed by atoms with Crippen molar-refractivity contribution in [3.8, 4) is 0 Å². The standard InChI is InChI=1S/C24H33ClN2O2/c25-22-8-4-7-21(16-22)23(24(28)9-2-1-3-10-24)18-27-13-11-26(12-14-27)17-20-6-5-15-29-19-20/h4-8,16,19,23,28H,1-3,9-15,17-18H2. The second-order valence-corrected chi connectivity index (χ2v) is 9.21. The molecule has 158 valence electrons. The summed E-state index contributed by atoms with van der Waals surface area (Å²) >= 11 is 6.30. The second kappa shape index (κ2) is 9.65. The zero-order valence-corrected chi connectivity index (χ0v) is 18.0. The Bertz CT molecular complexity index is 734. The van der Waals surface area contributed by atoms with E-state index in [1.807, 2.05) is 18.4 Å². The number of nitrogens with zero attached hydrogens (tertiary/aromatic N) is 2. The van der Waals surface area contributed by atoms with Crippen molar-refractivity contribution >= 4 is 11.6 Å². The van der Waals surface area contributed by atoms with E-state index in [9.17, 15) is 5.11 Å².